The molecule has 0 bridgehead atoms. The molecule has 154 valence electrons. The van der Waals surface area contributed by atoms with Crippen molar-refractivity contribution in [2.24, 2.45) is 0 Å². The third-order valence-corrected chi connectivity index (χ3v) is 4.83. The van der Waals surface area contributed by atoms with E-state index in [2.05, 4.69) is 13.5 Å². The van der Waals surface area contributed by atoms with E-state index < -0.39 is 0 Å². The molecule has 0 fully saturated rings. The summed E-state index contributed by atoms with van der Waals surface area (Å²) in [5, 5.41) is 10.5. The van der Waals surface area contributed by atoms with Crippen LogP contribution in [-0.2, 0) is 6.42 Å². The van der Waals surface area contributed by atoms with E-state index in [1.165, 1.54) is 13.2 Å². The van der Waals surface area contributed by atoms with Gasteiger partial charge < -0.3 is 14.6 Å². The summed E-state index contributed by atoms with van der Waals surface area (Å²) in [5.74, 6) is 0.809. The highest BCUT2D eigenvalue weighted by molar-refractivity contribution is 6.11. The van der Waals surface area contributed by atoms with Crippen LogP contribution in [0.15, 0.2) is 72.8 Å². The first kappa shape index (κ1) is 21.2. The third kappa shape index (κ3) is 4.38. The summed E-state index contributed by atoms with van der Waals surface area (Å²) in [6.45, 7) is 8.28. The summed E-state index contributed by atoms with van der Waals surface area (Å²) in [5.41, 5.74) is 4.15. The fourth-order valence-corrected chi connectivity index (χ4v) is 3.32. The number of carbonyl (C=O) groups excluding carboxylic acids is 1. The highest BCUT2D eigenvalue weighted by atomic mass is 16.5. The monoisotopic (exact) mass is 402 g/mol. The van der Waals surface area contributed by atoms with Crippen LogP contribution in [0.25, 0.3) is 11.1 Å². The first-order valence-electron chi connectivity index (χ1n) is 9.86. The zero-order valence-electron chi connectivity index (χ0n) is 17.6. The SMILES string of the molecule is C=C(C)COc1c(CC)cccc1-c1cc(C(=O)c2ccccc2)c(O)cc1OC. The van der Waals surface area contributed by atoms with Gasteiger partial charge in [0.2, 0.25) is 0 Å². The second kappa shape index (κ2) is 9.31. The Labute approximate surface area is 177 Å². The molecule has 0 aliphatic rings. The predicted molar refractivity (Wildman–Crippen MR) is 120 cm³/mol. The fourth-order valence-electron chi connectivity index (χ4n) is 3.32. The standard InChI is InChI=1S/C26H26O4/c1-5-18-12-9-13-20(26(18)30-16-17(2)3)21-14-22(23(27)15-24(21)29-4)25(28)19-10-7-6-8-11-19/h6-15,27H,2,5,16H2,1,3-4H3. The lowest BCUT2D eigenvalue weighted by Gasteiger charge is -2.18. The minimum atomic E-state index is -0.256. The van der Waals surface area contributed by atoms with Gasteiger partial charge in [0, 0.05) is 22.8 Å². The van der Waals surface area contributed by atoms with E-state index in [1.54, 1.807) is 30.3 Å². The van der Waals surface area contributed by atoms with Crippen molar-refractivity contribution in [3.63, 3.8) is 0 Å². The average molecular weight is 402 g/mol. The number of hydrogen-bond donors (Lipinski definition) is 1. The van der Waals surface area contributed by atoms with Crippen molar-refractivity contribution in [3.05, 3.63) is 89.5 Å². The van der Waals surface area contributed by atoms with Crippen LogP contribution < -0.4 is 9.47 Å². The van der Waals surface area contributed by atoms with Crippen molar-refractivity contribution in [3.8, 4) is 28.4 Å². The predicted octanol–water partition coefficient (Wildman–Crippen LogP) is 5.82. The lowest BCUT2D eigenvalue weighted by atomic mass is 9.94. The molecule has 0 spiro atoms. The Hall–Kier alpha value is -3.53. The molecule has 3 rings (SSSR count). The molecule has 0 aromatic heterocycles. The van der Waals surface area contributed by atoms with E-state index in [0.29, 0.717) is 23.5 Å². The number of phenolic OH excluding ortho intramolecular Hbond substituents is 1. The number of carbonyl (C=O) groups is 1. The topological polar surface area (TPSA) is 55.8 Å². The van der Waals surface area contributed by atoms with E-state index in [4.69, 9.17) is 9.47 Å². The van der Waals surface area contributed by atoms with Crippen molar-refractivity contribution < 1.29 is 19.4 Å². The van der Waals surface area contributed by atoms with E-state index in [9.17, 15) is 9.90 Å². The molecule has 3 aromatic rings. The Balaban J connectivity index is 2.18. The molecule has 3 aromatic carbocycles. The molecule has 0 aliphatic carbocycles. The van der Waals surface area contributed by atoms with Gasteiger partial charge in [0.25, 0.3) is 0 Å². The molecule has 0 atom stereocenters. The molecule has 30 heavy (non-hydrogen) atoms. The second-order valence-electron chi connectivity index (χ2n) is 7.16. The van der Waals surface area contributed by atoms with E-state index in [-0.39, 0.29) is 17.1 Å². The number of methoxy groups -OCH3 is 1. The van der Waals surface area contributed by atoms with Crippen LogP contribution in [0.1, 0.15) is 35.3 Å². The quantitative estimate of drug-likeness (QED) is 0.381. The number of aryl methyl sites for hydroxylation is 1. The molecule has 0 amide bonds. The van der Waals surface area contributed by atoms with Gasteiger partial charge in [-0.25, -0.2) is 0 Å². The minimum Gasteiger partial charge on any atom is -0.507 e. The summed E-state index contributed by atoms with van der Waals surface area (Å²) >= 11 is 0. The number of hydrogen-bond acceptors (Lipinski definition) is 4. The van der Waals surface area contributed by atoms with E-state index in [1.807, 2.05) is 31.2 Å². The molecule has 4 nitrogen and oxygen atoms in total. The number of rotatable bonds is 8. The van der Waals surface area contributed by atoms with Gasteiger partial charge in [0.15, 0.2) is 5.78 Å². The summed E-state index contributed by atoms with van der Waals surface area (Å²) < 4.78 is 11.6. The Kier molecular flexibility index (Phi) is 6.58. The van der Waals surface area contributed by atoms with Gasteiger partial charge in [-0.2, -0.15) is 0 Å². The maximum Gasteiger partial charge on any atom is 0.196 e. The van der Waals surface area contributed by atoms with Crippen molar-refractivity contribution in [2.45, 2.75) is 20.3 Å². The van der Waals surface area contributed by atoms with Crippen LogP contribution >= 0.6 is 0 Å². The molecular formula is C26H26O4. The minimum absolute atomic E-state index is 0.125. The van der Waals surface area contributed by atoms with Crippen molar-refractivity contribution in [1.82, 2.24) is 0 Å². The smallest absolute Gasteiger partial charge is 0.196 e. The molecule has 0 aliphatic heterocycles. The second-order valence-corrected chi connectivity index (χ2v) is 7.16. The number of para-hydroxylation sites is 1. The highest BCUT2D eigenvalue weighted by Gasteiger charge is 2.21. The Morgan fingerprint density at radius 2 is 1.77 bits per heavy atom. The van der Waals surface area contributed by atoms with Crippen LogP contribution in [0.4, 0.5) is 0 Å². The Morgan fingerprint density at radius 3 is 2.40 bits per heavy atom. The van der Waals surface area contributed by atoms with Crippen LogP contribution in [0, 0.1) is 0 Å². The van der Waals surface area contributed by atoms with Crippen LogP contribution in [0.2, 0.25) is 0 Å². The normalized spacial score (nSPS) is 10.5. The number of ketones is 1. The summed E-state index contributed by atoms with van der Waals surface area (Å²) in [4.78, 5) is 13.0. The zero-order valence-corrected chi connectivity index (χ0v) is 17.6. The van der Waals surface area contributed by atoms with Crippen molar-refractivity contribution >= 4 is 5.78 Å². The van der Waals surface area contributed by atoms with Gasteiger partial charge in [-0.05, 0) is 30.5 Å². The molecule has 0 saturated carbocycles. The van der Waals surface area contributed by atoms with Crippen molar-refractivity contribution in [1.29, 1.82) is 0 Å². The Bertz CT molecular complexity index is 1070. The maximum atomic E-state index is 13.0. The molecule has 0 saturated heterocycles. The van der Waals surface area contributed by atoms with Gasteiger partial charge in [-0.1, -0.05) is 62.0 Å². The number of phenols is 1. The molecule has 4 heteroatoms. The summed E-state index contributed by atoms with van der Waals surface area (Å²) in [6.07, 6.45) is 0.787. The Morgan fingerprint density at radius 1 is 1.03 bits per heavy atom. The van der Waals surface area contributed by atoms with Gasteiger partial charge >= 0.3 is 0 Å². The number of benzene rings is 3. The molecular weight excluding hydrogens is 376 g/mol. The largest absolute Gasteiger partial charge is 0.507 e. The average Bonchev–Trinajstić information content (AvgIpc) is 2.77. The summed E-state index contributed by atoms with van der Waals surface area (Å²) in [6, 6.07) is 17.9. The molecule has 1 N–H and O–H groups in total. The number of aromatic hydroxyl groups is 1. The van der Waals surface area contributed by atoms with Crippen molar-refractivity contribution in [2.75, 3.05) is 13.7 Å². The van der Waals surface area contributed by atoms with Crippen LogP contribution in [-0.4, -0.2) is 24.6 Å². The summed E-state index contributed by atoms with van der Waals surface area (Å²) in [7, 11) is 1.54. The van der Waals surface area contributed by atoms with E-state index in [0.717, 1.165) is 28.9 Å². The third-order valence-electron chi connectivity index (χ3n) is 4.83. The van der Waals surface area contributed by atoms with Crippen LogP contribution in [0.3, 0.4) is 0 Å². The van der Waals surface area contributed by atoms with E-state index >= 15 is 0 Å². The molecule has 0 heterocycles. The zero-order chi connectivity index (χ0) is 21.7. The maximum absolute atomic E-state index is 13.0. The highest BCUT2D eigenvalue weighted by Crippen LogP contribution is 2.42. The molecule has 0 unspecified atom stereocenters. The van der Waals surface area contributed by atoms with Gasteiger partial charge in [-0.15, -0.1) is 0 Å². The molecule has 0 radical (unpaired) electrons. The lowest BCUT2D eigenvalue weighted by Crippen LogP contribution is -2.05. The van der Waals surface area contributed by atoms with Gasteiger partial charge in [0.1, 0.15) is 23.9 Å². The fraction of sp³-hybridized carbons (Fsp3) is 0.192. The number of ether oxygens (including phenoxy) is 2. The first-order valence-corrected chi connectivity index (χ1v) is 9.86. The first-order chi connectivity index (χ1) is 14.5. The van der Waals surface area contributed by atoms with Gasteiger partial charge in [0.05, 0.1) is 12.7 Å². The van der Waals surface area contributed by atoms with Gasteiger partial charge in [-0.3, -0.25) is 4.79 Å². The van der Waals surface area contributed by atoms with Crippen LogP contribution in [0.5, 0.6) is 17.2 Å². The lowest BCUT2D eigenvalue weighted by molar-refractivity contribution is 0.103.